The lowest BCUT2D eigenvalue weighted by molar-refractivity contribution is -0.384. The minimum atomic E-state index is -0.465. The largest absolute Gasteiger partial charge is 0.370 e. The molecular weight excluding hydrogens is 246 g/mol. The van der Waals surface area contributed by atoms with Gasteiger partial charge >= 0.3 is 5.69 Å². The number of nitrogens with zero attached hydrogens (tertiary/aromatic N) is 4. The van der Waals surface area contributed by atoms with E-state index in [4.69, 9.17) is 5.26 Å². The maximum absolute atomic E-state index is 11.0. The fourth-order valence-electron chi connectivity index (χ4n) is 1.60. The first-order valence-electron chi connectivity index (χ1n) is 6.00. The summed E-state index contributed by atoms with van der Waals surface area (Å²) < 4.78 is 0. The van der Waals surface area contributed by atoms with Crippen LogP contribution >= 0.6 is 0 Å². The van der Waals surface area contributed by atoms with Gasteiger partial charge in [0.15, 0.2) is 0 Å². The molecule has 0 aliphatic rings. The molecular formula is C12H17N5O2. The van der Waals surface area contributed by atoms with Crippen LogP contribution in [0.2, 0.25) is 0 Å². The van der Waals surface area contributed by atoms with Crippen LogP contribution in [-0.2, 0) is 0 Å². The molecule has 7 heteroatoms. The first-order valence-corrected chi connectivity index (χ1v) is 6.00. The maximum Gasteiger partial charge on any atom is 0.311 e. The van der Waals surface area contributed by atoms with Crippen molar-refractivity contribution in [3.8, 4) is 6.07 Å². The Labute approximate surface area is 112 Å². The van der Waals surface area contributed by atoms with Crippen molar-refractivity contribution in [3.63, 3.8) is 0 Å². The molecule has 0 spiro atoms. The normalized spacial score (nSPS) is 11.5. The Hall–Kier alpha value is -2.36. The summed E-state index contributed by atoms with van der Waals surface area (Å²) in [5.41, 5.74) is -0.0612. The van der Waals surface area contributed by atoms with E-state index in [9.17, 15) is 10.1 Å². The van der Waals surface area contributed by atoms with Crippen molar-refractivity contribution in [2.45, 2.75) is 26.3 Å². The Kier molecular flexibility index (Phi) is 5.06. The van der Waals surface area contributed by atoms with Gasteiger partial charge < -0.3 is 10.2 Å². The monoisotopic (exact) mass is 263 g/mol. The minimum absolute atomic E-state index is 0.0612. The van der Waals surface area contributed by atoms with Gasteiger partial charge in [0.25, 0.3) is 0 Å². The molecule has 0 fully saturated rings. The molecule has 0 aliphatic carbocycles. The molecule has 7 nitrogen and oxygen atoms in total. The van der Waals surface area contributed by atoms with Crippen molar-refractivity contribution in [2.24, 2.45) is 0 Å². The van der Waals surface area contributed by atoms with E-state index in [-0.39, 0.29) is 24.0 Å². The molecule has 19 heavy (non-hydrogen) atoms. The van der Waals surface area contributed by atoms with E-state index in [1.54, 1.807) is 18.0 Å². The van der Waals surface area contributed by atoms with E-state index in [1.165, 1.54) is 6.07 Å². The average Bonchev–Trinajstić information content (AvgIpc) is 2.38. The average molecular weight is 263 g/mol. The van der Waals surface area contributed by atoms with E-state index >= 15 is 0 Å². The van der Waals surface area contributed by atoms with Crippen LogP contribution in [0.25, 0.3) is 0 Å². The number of nitriles is 1. The van der Waals surface area contributed by atoms with Gasteiger partial charge in [-0.1, -0.05) is 0 Å². The lowest BCUT2D eigenvalue weighted by atomic mass is 10.2. The molecule has 1 unspecified atom stereocenters. The van der Waals surface area contributed by atoms with Crippen molar-refractivity contribution in [3.05, 3.63) is 22.2 Å². The molecule has 0 aliphatic heterocycles. The molecule has 102 valence electrons. The van der Waals surface area contributed by atoms with Crippen LogP contribution in [0.15, 0.2) is 12.1 Å². The molecule has 1 aromatic rings. The summed E-state index contributed by atoms with van der Waals surface area (Å²) >= 11 is 0. The molecule has 1 atom stereocenters. The Balaban J connectivity index is 3.17. The second-order valence-electron chi connectivity index (χ2n) is 4.15. The van der Waals surface area contributed by atoms with Crippen LogP contribution in [0.1, 0.15) is 20.3 Å². The summed E-state index contributed by atoms with van der Waals surface area (Å²) in [6.07, 6.45) is 0.279. The molecule has 0 saturated heterocycles. The third-order valence-electron chi connectivity index (χ3n) is 2.79. The van der Waals surface area contributed by atoms with Crippen molar-refractivity contribution in [1.82, 2.24) is 4.98 Å². The second-order valence-corrected chi connectivity index (χ2v) is 4.15. The van der Waals surface area contributed by atoms with E-state index < -0.39 is 4.92 Å². The first-order chi connectivity index (χ1) is 9.01. The van der Waals surface area contributed by atoms with E-state index in [1.807, 2.05) is 13.8 Å². The molecule has 0 amide bonds. The topological polar surface area (TPSA) is 95.1 Å². The summed E-state index contributed by atoms with van der Waals surface area (Å²) in [7, 11) is 1.70. The number of nitro groups is 1. The molecule has 1 rings (SSSR count). The highest BCUT2D eigenvalue weighted by molar-refractivity contribution is 5.61. The number of hydrogen-bond donors (Lipinski definition) is 1. The summed E-state index contributed by atoms with van der Waals surface area (Å²) in [6, 6.07) is 4.91. The zero-order valence-corrected chi connectivity index (χ0v) is 11.3. The third kappa shape index (κ3) is 3.55. The molecule has 0 aromatic carbocycles. The standard InChI is InChI=1S/C12H17N5O2/c1-4-14-11-6-5-10(17(18)19)12(15-11)16(3)9(2)7-8-13/h5-6,9H,4,7H2,1-3H3,(H,14,15). The molecule has 1 N–H and O–H groups in total. The van der Waals surface area contributed by atoms with Crippen molar-refractivity contribution < 1.29 is 4.92 Å². The molecule has 0 saturated carbocycles. The number of nitrogens with one attached hydrogen (secondary N) is 1. The Morgan fingerprint density at radius 3 is 2.84 bits per heavy atom. The first kappa shape index (κ1) is 14.7. The highest BCUT2D eigenvalue weighted by Crippen LogP contribution is 2.28. The second kappa shape index (κ2) is 6.54. The Bertz CT molecular complexity index is 497. The quantitative estimate of drug-likeness (QED) is 0.624. The number of rotatable bonds is 6. The number of pyridine rings is 1. The zero-order valence-electron chi connectivity index (χ0n) is 11.3. The summed E-state index contributed by atoms with van der Waals surface area (Å²) in [5.74, 6) is 0.852. The molecule has 0 radical (unpaired) electrons. The molecule has 0 bridgehead atoms. The fourth-order valence-corrected chi connectivity index (χ4v) is 1.60. The third-order valence-corrected chi connectivity index (χ3v) is 2.79. The lowest BCUT2D eigenvalue weighted by Crippen LogP contribution is -2.30. The van der Waals surface area contributed by atoms with Crippen LogP contribution in [0, 0.1) is 21.4 Å². The van der Waals surface area contributed by atoms with Crippen LogP contribution in [0.4, 0.5) is 17.3 Å². The van der Waals surface area contributed by atoms with Crippen molar-refractivity contribution in [2.75, 3.05) is 23.8 Å². The summed E-state index contributed by atoms with van der Waals surface area (Å²) in [4.78, 5) is 16.5. The number of aromatic nitrogens is 1. The highest BCUT2D eigenvalue weighted by atomic mass is 16.6. The van der Waals surface area contributed by atoms with Crippen LogP contribution in [-0.4, -0.2) is 29.5 Å². The van der Waals surface area contributed by atoms with Crippen molar-refractivity contribution in [1.29, 1.82) is 5.26 Å². The van der Waals surface area contributed by atoms with Gasteiger partial charge in [-0.25, -0.2) is 4.98 Å². The SMILES string of the molecule is CCNc1ccc([N+](=O)[O-])c(N(C)C(C)CC#N)n1. The van der Waals surface area contributed by atoms with Gasteiger partial charge in [0.05, 0.1) is 17.4 Å². The zero-order chi connectivity index (χ0) is 14.4. The van der Waals surface area contributed by atoms with Gasteiger partial charge in [0.2, 0.25) is 5.82 Å². The maximum atomic E-state index is 11.0. The van der Waals surface area contributed by atoms with E-state index in [2.05, 4.69) is 16.4 Å². The minimum Gasteiger partial charge on any atom is -0.370 e. The van der Waals surface area contributed by atoms with E-state index in [0.29, 0.717) is 12.4 Å². The Morgan fingerprint density at radius 2 is 2.32 bits per heavy atom. The summed E-state index contributed by atoms with van der Waals surface area (Å²) in [5, 5.41) is 22.8. The van der Waals surface area contributed by atoms with Crippen LogP contribution in [0.5, 0.6) is 0 Å². The van der Waals surface area contributed by atoms with Gasteiger partial charge in [-0.05, 0) is 19.9 Å². The number of hydrogen-bond acceptors (Lipinski definition) is 6. The lowest BCUT2D eigenvalue weighted by Gasteiger charge is -2.24. The molecule has 1 heterocycles. The van der Waals surface area contributed by atoms with Crippen LogP contribution < -0.4 is 10.2 Å². The smallest absolute Gasteiger partial charge is 0.311 e. The Morgan fingerprint density at radius 1 is 1.63 bits per heavy atom. The van der Waals surface area contributed by atoms with Crippen LogP contribution in [0.3, 0.4) is 0 Å². The van der Waals surface area contributed by atoms with E-state index in [0.717, 1.165) is 0 Å². The van der Waals surface area contributed by atoms with Gasteiger partial charge in [0, 0.05) is 25.7 Å². The number of anilines is 2. The molecule has 1 aromatic heterocycles. The fraction of sp³-hybridized carbons (Fsp3) is 0.500. The van der Waals surface area contributed by atoms with Gasteiger partial charge in [-0.3, -0.25) is 10.1 Å². The van der Waals surface area contributed by atoms with Gasteiger partial charge in [-0.15, -0.1) is 0 Å². The predicted octanol–water partition coefficient (Wildman–Crippen LogP) is 2.16. The summed E-state index contributed by atoms with van der Waals surface area (Å²) in [6.45, 7) is 4.43. The van der Waals surface area contributed by atoms with Gasteiger partial charge in [-0.2, -0.15) is 5.26 Å². The van der Waals surface area contributed by atoms with Gasteiger partial charge in [0.1, 0.15) is 5.82 Å². The predicted molar refractivity (Wildman–Crippen MR) is 73.2 cm³/mol. The highest BCUT2D eigenvalue weighted by Gasteiger charge is 2.22. The van der Waals surface area contributed by atoms with Crippen molar-refractivity contribution >= 4 is 17.3 Å².